The zero-order chi connectivity index (χ0) is 26.9. The Kier molecular flexibility index (Phi) is 8.18. The quantitative estimate of drug-likeness (QED) is 0.520. The number of carbonyl (C=O) groups is 2. The second-order valence-corrected chi connectivity index (χ2v) is 11.7. The molecule has 2 aliphatic heterocycles. The summed E-state index contributed by atoms with van der Waals surface area (Å²) in [6.45, 7) is 10.5. The number of ether oxygens (including phenoxy) is 1. The summed E-state index contributed by atoms with van der Waals surface area (Å²) >= 11 is 0. The number of benzene rings is 1. The molecule has 0 radical (unpaired) electrons. The van der Waals surface area contributed by atoms with Gasteiger partial charge in [0.1, 0.15) is 11.9 Å². The van der Waals surface area contributed by atoms with E-state index in [1.165, 1.54) is 7.11 Å². The minimum Gasteiger partial charge on any atom is -0.453 e. The van der Waals surface area contributed by atoms with Crippen LogP contribution in [-0.4, -0.2) is 74.3 Å². The number of aliphatic imine (C=N–C) groups is 1. The highest BCUT2D eigenvalue weighted by atomic mass is 16.6. The number of hydrogen-bond acceptors (Lipinski definition) is 7. The summed E-state index contributed by atoms with van der Waals surface area (Å²) in [5, 5.41) is 6.37. The molecule has 2 bridgehead atoms. The molecule has 1 unspecified atom stereocenters. The number of amides is 2. The lowest BCUT2D eigenvalue weighted by molar-refractivity contribution is -0.137. The summed E-state index contributed by atoms with van der Waals surface area (Å²) < 4.78 is 16.4. The monoisotopic (exact) mass is 512 g/mol. The molecule has 2 N–H and O–H groups in total. The first-order valence-electron chi connectivity index (χ1n) is 13.3. The molecule has 2 heterocycles. The molecule has 37 heavy (non-hydrogen) atoms. The Morgan fingerprint density at radius 1 is 1.16 bits per heavy atom. The molecular weight excluding hydrogens is 471 g/mol. The van der Waals surface area contributed by atoms with Gasteiger partial charge in [0.05, 0.1) is 25.7 Å². The molecule has 0 spiro atoms. The van der Waals surface area contributed by atoms with Gasteiger partial charge in [-0.25, -0.2) is 4.79 Å². The number of hydrogen-bond donors (Lipinski definition) is 2. The third-order valence-corrected chi connectivity index (χ3v) is 7.56. The first-order valence-corrected chi connectivity index (χ1v) is 13.3. The van der Waals surface area contributed by atoms with E-state index in [-0.39, 0.29) is 35.6 Å². The van der Waals surface area contributed by atoms with E-state index in [9.17, 15) is 9.59 Å². The number of piperidine rings is 1. The van der Waals surface area contributed by atoms with Gasteiger partial charge >= 0.3 is 13.2 Å². The Balaban J connectivity index is 1.47. The van der Waals surface area contributed by atoms with Gasteiger partial charge in [-0.3, -0.25) is 9.79 Å². The van der Waals surface area contributed by atoms with Crippen LogP contribution in [0.1, 0.15) is 65.5 Å². The Bertz CT molecular complexity index is 1010. The number of nitrogens with zero attached hydrogens (tertiary/aromatic N) is 2. The van der Waals surface area contributed by atoms with Crippen molar-refractivity contribution in [2.24, 2.45) is 16.8 Å². The molecular formula is C27H41BN4O5. The number of rotatable bonds is 8. The number of likely N-dealkylation sites (tertiary alicyclic amines) is 1. The lowest BCUT2D eigenvalue weighted by Crippen LogP contribution is -2.59. The van der Waals surface area contributed by atoms with Crippen molar-refractivity contribution in [3.63, 3.8) is 0 Å². The normalized spacial score (nSPS) is 25.6. The second-order valence-electron chi connectivity index (χ2n) is 11.7. The number of carbonyl (C=O) groups excluding carboxylic acids is 2. The van der Waals surface area contributed by atoms with Gasteiger partial charge < -0.3 is 29.6 Å². The minimum atomic E-state index is -0.635. The standard InChI is InChI=1S/C27H41BN4O5/c1-16(2)22(31-26(34)35-6)25(33)32-20-13-10-18(14-20)23(32)24-29-15-21(30-24)17-8-11-19(12-9-17)28(36-7)37-27(3,4)5/h8-9,11-12,16,18,20-23H,10,13-15H2,1-7H3,(H,29,30)(H,31,34)/t18-,20+,21?,22-,23-/m0/s1. The number of alkyl carbamates (subject to hydrolysis) is 1. The first-order chi connectivity index (χ1) is 17.5. The van der Waals surface area contributed by atoms with Crippen molar-refractivity contribution in [2.75, 3.05) is 20.8 Å². The van der Waals surface area contributed by atoms with Crippen molar-refractivity contribution < 1.29 is 23.6 Å². The average molecular weight is 512 g/mol. The Morgan fingerprint density at radius 2 is 1.86 bits per heavy atom. The topological polar surface area (TPSA) is 101 Å². The average Bonchev–Trinajstić information content (AvgIpc) is 3.61. The van der Waals surface area contributed by atoms with Gasteiger partial charge in [-0.05, 0) is 62.9 Å². The fourth-order valence-corrected chi connectivity index (χ4v) is 5.80. The molecule has 10 heteroatoms. The number of fused-ring (bicyclic) bond motifs is 2. The Morgan fingerprint density at radius 3 is 2.46 bits per heavy atom. The van der Waals surface area contributed by atoms with E-state index in [4.69, 9.17) is 19.0 Å². The zero-order valence-electron chi connectivity index (χ0n) is 23.1. The first kappa shape index (κ1) is 27.4. The summed E-state index contributed by atoms with van der Waals surface area (Å²) in [5.74, 6) is 1.14. The molecule has 1 aromatic rings. The van der Waals surface area contributed by atoms with E-state index < -0.39 is 19.3 Å². The van der Waals surface area contributed by atoms with Crippen molar-refractivity contribution in [1.29, 1.82) is 0 Å². The molecule has 0 aromatic heterocycles. The van der Waals surface area contributed by atoms with Crippen LogP contribution in [0.3, 0.4) is 0 Å². The van der Waals surface area contributed by atoms with Gasteiger partial charge in [0.2, 0.25) is 5.91 Å². The predicted molar refractivity (Wildman–Crippen MR) is 144 cm³/mol. The van der Waals surface area contributed by atoms with Gasteiger partial charge in [-0.2, -0.15) is 0 Å². The number of amidine groups is 1. The van der Waals surface area contributed by atoms with Crippen LogP contribution in [0, 0.1) is 11.8 Å². The molecule has 9 nitrogen and oxygen atoms in total. The number of nitrogens with one attached hydrogen (secondary N) is 2. The van der Waals surface area contributed by atoms with Crippen LogP contribution in [0.15, 0.2) is 29.3 Å². The highest BCUT2D eigenvalue weighted by molar-refractivity contribution is 6.61. The van der Waals surface area contributed by atoms with Crippen molar-refractivity contribution in [2.45, 2.75) is 83.6 Å². The largest absolute Gasteiger partial charge is 0.494 e. The van der Waals surface area contributed by atoms with Crippen LogP contribution in [0.25, 0.3) is 0 Å². The van der Waals surface area contributed by atoms with Crippen molar-refractivity contribution in [3.05, 3.63) is 29.8 Å². The summed E-state index contributed by atoms with van der Waals surface area (Å²) in [4.78, 5) is 32.5. The molecule has 2 fully saturated rings. The fraction of sp³-hybridized carbons (Fsp3) is 0.667. The fourth-order valence-electron chi connectivity index (χ4n) is 5.80. The van der Waals surface area contributed by atoms with Crippen LogP contribution in [-0.2, 0) is 18.8 Å². The molecule has 5 atom stereocenters. The maximum atomic E-state index is 13.7. The zero-order valence-corrected chi connectivity index (χ0v) is 23.1. The summed E-state index contributed by atoms with van der Waals surface area (Å²) in [5.41, 5.74) is 1.77. The van der Waals surface area contributed by atoms with Crippen LogP contribution in [0.2, 0.25) is 0 Å². The molecule has 1 aliphatic carbocycles. The molecule has 3 aliphatic rings. The minimum absolute atomic E-state index is 0.0405. The lowest BCUT2D eigenvalue weighted by Gasteiger charge is -2.38. The van der Waals surface area contributed by atoms with E-state index in [0.717, 1.165) is 36.1 Å². The van der Waals surface area contributed by atoms with E-state index in [1.54, 1.807) is 7.11 Å². The predicted octanol–water partition coefficient (Wildman–Crippen LogP) is 2.65. The highest BCUT2D eigenvalue weighted by Crippen LogP contribution is 2.44. The van der Waals surface area contributed by atoms with Crippen LogP contribution < -0.4 is 16.1 Å². The van der Waals surface area contributed by atoms with Crippen LogP contribution in [0.5, 0.6) is 0 Å². The van der Waals surface area contributed by atoms with Gasteiger partial charge in [-0.15, -0.1) is 0 Å². The van der Waals surface area contributed by atoms with Gasteiger partial charge in [0.25, 0.3) is 0 Å². The summed E-state index contributed by atoms with van der Waals surface area (Å²) in [7, 11) is 2.53. The van der Waals surface area contributed by atoms with Gasteiger partial charge in [0, 0.05) is 18.8 Å². The van der Waals surface area contributed by atoms with Crippen molar-refractivity contribution >= 4 is 30.4 Å². The molecule has 202 valence electrons. The smallest absolute Gasteiger partial charge is 0.453 e. The lowest BCUT2D eigenvalue weighted by atomic mass is 9.77. The van der Waals surface area contributed by atoms with Gasteiger partial charge in [0.15, 0.2) is 0 Å². The Labute approximate surface area is 220 Å². The summed E-state index contributed by atoms with van der Waals surface area (Å²) in [6, 6.07) is 7.74. The highest BCUT2D eigenvalue weighted by Gasteiger charge is 2.52. The van der Waals surface area contributed by atoms with Crippen molar-refractivity contribution in [3.8, 4) is 0 Å². The molecule has 4 rings (SSSR count). The van der Waals surface area contributed by atoms with Gasteiger partial charge in [-0.1, -0.05) is 38.1 Å². The van der Waals surface area contributed by atoms with E-state index in [2.05, 4.69) is 22.8 Å². The second kappa shape index (κ2) is 11.0. The van der Waals surface area contributed by atoms with Crippen LogP contribution >= 0.6 is 0 Å². The summed E-state index contributed by atoms with van der Waals surface area (Å²) in [6.07, 6.45) is 2.47. The van der Waals surface area contributed by atoms with E-state index in [1.807, 2.05) is 51.7 Å². The van der Waals surface area contributed by atoms with Crippen LogP contribution in [0.4, 0.5) is 4.79 Å². The molecule has 1 saturated heterocycles. The van der Waals surface area contributed by atoms with E-state index >= 15 is 0 Å². The maximum Gasteiger partial charge on any atom is 0.494 e. The molecule has 1 saturated carbocycles. The maximum absolute atomic E-state index is 13.7. The molecule has 1 aromatic carbocycles. The number of methoxy groups -OCH3 is 1. The third-order valence-electron chi connectivity index (χ3n) is 7.56. The van der Waals surface area contributed by atoms with Crippen molar-refractivity contribution in [1.82, 2.24) is 15.5 Å². The van der Waals surface area contributed by atoms with E-state index in [0.29, 0.717) is 12.5 Å². The SMILES string of the molecule is COB(OC(C)(C)C)c1ccc(C2CN=C([C@@H]3[C@H]4CC[C@H](C4)N3C(=O)[C@@H](NC(=O)OC)C(C)C)N2)cc1. The third kappa shape index (κ3) is 5.96. The Hall–Kier alpha value is -2.59. The molecule has 2 amide bonds.